The molecule has 3 rings (SSSR count). The van der Waals surface area contributed by atoms with Gasteiger partial charge in [0.25, 0.3) is 0 Å². The number of hydrogen-bond acceptors (Lipinski definition) is 6. The Bertz CT molecular complexity index is 840. The number of para-hydroxylation sites is 1. The first-order chi connectivity index (χ1) is 12.6. The normalized spacial score (nSPS) is 15.7. The first kappa shape index (κ1) is 18.1. The first-order valence-corrected chi connectivity index (χ1v) is 9.04. The molecule has 136 valence electrons. The molecule has 1 saturated heterocycles. The monoisotopic (exact) mass is 374 g/mol. The van der Waals surface area contributed by atoms with E-state index in [1.165, 1.54) is 29.8 Å². The van der Waals surface area contributed by atoms with E-state index < -0.39 is 11.9 Å². The van der Waals surface area contributed by atoms with Gasteiger partial charge < -0.3 is 19.4 Å². The van der Waals surface area contributed by atoms with E-state index in [1.54, 1.807) is 6.07 Å². The fraction of sp³-hybridized carbons (Fsp3) is 0.278. The van der Waals surface area contributed by atoms with Crippen LogP contribution in [0.25, 0.3) is 10.9 Å². The number of benzene rings is 1. The van der Waals surface area contributed by atoms with E-state index in [9.17, 15) is 14.4 Å². The number of aromatic nitrogens is 1. The van der Waals surface area contributed by atoms with E-state index in [-0.39, 0.29) is 18.3 Å². The number of ether oxygens (including phenoxy) is 2. The van der Waals surface area contributed by atoms with Crippen LogP contribution >= 0.6 is 11.8 Å². The van der Waals surface area contributed by atoms with Crippen LogP contribution in [-0.4, -0.2) is 53.7 Å². The summed E-state index contributed by atoms with van der Waals surface area (Å²) in [5.74, 6) is -0.726. The predicted molar refractivity (Wildman–Crippen MR) is 97.5 cm³/mol. The Labute approximate surface area is 154 Å². The number of amides is 1. The van der Waals surface area contributed by atoms with Gasteiger partial charge in [-0.15, -0.1) is 0 Å². The van der Waals surface area contributed by atoms with E-state index in [4.69, 9.17) is 4.74 Å². The van der Waals surface area contributed by atoms with Crippen LogP contribution in [0.3, 0.4) is 0 Å². The maximum absolute atomic E-state index is 12.1. The molecule has 1 aromatic heterocycles. The second-order valence-corrected chi connectivity index (χ2v) is 6.60. The van der Waals surface area contributed by atoms with Crippen LogP contribution in [0.4, 0.5) is 0 Å². The summed E-state index contributed by atoms with van der Waals surface area (Å²) in [5, 5.41) is 1.50. The summed E-state index contributed by atoms with van der Waals surface area (Å²) in [7, 11) is 1.29. The molecule has 2 heterocycles. The van der Waals surface area contributed by atoms with Crippen molar-refractivity contribution in [1.82, 2.24) is 9.88 Å². The van der Waals surface area contributed by atoms with Crippen LogP contribution in [0, 0.1) is 0 Å². The number of aromatic amines is 1. The third-order valence-corrected chi connectivity index (χ3v) is 4.89. The molecule has 26 heavy (non-hydrogen) atoms. The van der Waals surface area contributed by atoms with Gasteiger partial charge in [-0.25, -0.2) is 9.59 Å². The van der Waals surface area contributed by atoms with Crippen molar-refractivity contribution in [3.05, 3.63) is 47.1 Å². The lowest BCUT2D eigenvalue weighted by atomic mass is 10.2. The minimum absolute atomic E-state index is 0.0768. The number of rotatable bonds is 6. The Hall–Kier alpha value is -2.74. The minimum atomic E-state index is -0.502. The van der Waals surface area contributed by atoms with Crippen molar-refractivity contribution in [2.24, 2.45) is 0 Å². The van der Waals surface area contributed by atoms with Crippen molar-refractivity contribution in [2.75, 3.05) is 26.0 Å². The molecule has 8 heteroatoms. The summed E-state index contributed by atoms with van der Waals surface area (Å²) < 4.78 is 9.85. The van der Waals surface area contributed by atoms with Crippen LogP contribution < -0.4 is 0 Å². The van der Waals surface area contributed by atoms with Gasteiger partial charge in [-0.3, -0.25) is 4.79 Å². The van der Waals surface area contributed by atoms with Crippen molar-refractivity contribution in [1.29, 1.82) is 0 Å². The first-order valence-electron chi connectivity index (χ1n) is 8.06. The Morgan fingerprint density at radius 2 is 2.15 bits per heavy atom. The number of nitrogens with one attached hydrogen (secondary N) is 1. The van der Waals surface area contributed by atoms with Crippen molar-refractivity contribution in [3.8, 4) is 0 Å². The summed E-state index contributed by atoms with van der Waals surface area (Å²) in [4.78, 5) is 39.9. The highest BCUT2D eigenvalue weighted by atomic mass is 32.2. The molecule has 1 aromatic carbocycles. The number of carbonyl (C=O) groups excluding carboxylic acids is 3. The average molecular weight is 374 g/mol. The Balaban J connectivity index is 1.51. The zero-order valence-corrected chi connectivity index (χ0v) is 15.0. The van der Waals surface area contributed by atoms with Gasteiger partial charge in [-0.2, -0.15) is 0 Å². The SMILES string of the molecule is COC(=O)C=C1SCC(=O)N1CCCOC(=O)c1cc2ccccc2[nH]1. The molecule has 0 aliphatic carbocycles. The fourth-order valence-electron chi connectivity index (χ4n) is 2.58. The standard InChI is InChI=1S/C18H18N2O5S/c1-24-17(22)10-16-20(15(21)11-26-16)7-4-8-25-18(23)14-9-12-5-2-3-6-13(12)19-14/h2-3,5-6,9-10,19H,4,7-8,11H2,1H3. The van der Waals surface area contributed by atoms with E-state index >= 15 is 0 Å². The lowest BCUT2D eigenvalue weighted by Gasteiger charge is -2.16. The van der Waals surface area contributed by atoms with Gasteiger partial charge >= 0.3 is 11.9 Å². The van der Waals surface area contributed by atoms with E-state index in [1.807, 2.05) is 24.3 Å². The number of fused-ring (bicyclic) bond motifs is 1. The maximum atomic E-state index is 12.1. The van der Waals surface area contributed by atoms with Crippen LogP contribution in [-0.2, 0) is 19.1 Å². The third-order valence-electron chi connectivity index (χ3n) is 3.86. The molecule has 0 atom stereocenters. The number of esters is 2. The van der Waals surface area contributed by atoms with Crippen molar-refractivity contribution >= 4 is 40.5 Å². The molecule has 1 amide bonds. The van der Waals surface area contributed by atoms with Crippen molar-refractivity contribution in [2.45, 2.75) is 6.42 Å². The molecule has 0 radical (unpaired) electrons. The molecule has 2 aromatic rings. The van der Waals surface area contributed by atoms with Gasteiger partial charge in [0.1, 0.15) is 5.69 Å². The lowest BCUT2D eigenvalue weighted by Crippen LogP contribution is -2.27. The highest BCUT2D eigenvalue weighted by Gasteiger charge is 2.27. The Kier molecular flexibility index (Phi) is 5.62. The van der Waals surface area contributed by atoms with Crippen molar-refractivity contribution < 1.29 is 23.9 Å². The summed E-state index contributed by atoms with van der Waals surface area (Å²) in [6, 6.07) is 9.33. The fourth-order valence-corrected chi connectivity index (χ4v) is 3.53. The number of methoxy groups -OCH3 is 1. The highest BCUT2D eigenvalue weighted by molar-refractivity contribution is 8.04. The smallest absolute Gasteiger partial charge is 0.354 e. The van der Waals surface area contributed by atoms with Gasteiger partial charge in [-0.1, -0.05) is 30.0 Å². The molecule has 0 saturated carbocycles. The molecule has 0 bridgehead atoms. The van der Waals surface area contributed by atoms with Gasteiger partial charge in [0.05, 0.1) is 30.6 Å². The Morgan fingerprint density at radius 3 is 2.92 bits per heavy atom. The minimum Gasteiger partial charge on any atom is -0.466 e. The zero-order chi connectivity index (χ0) is 18.5. The molecule has 7 nitrogen and oxygen atoms in total. The summed E-state index contributed by atoms with van der Waals surface area (Å²) in [6.07, 6.45) is 1.77. The topological polar surface area (TPSA) is 88.7 Å². The summed E-state index contributed by atoms with van der Waals surface area (Å²) in [6.45, 7) is 0.544. The number of carbonyl (C=O) groups is 3. The van der Waals surface area contributed by atoms with E-state index in [2.05, 4.69) is 9.72 Å². The molecule has 1 N–H and O–H groups in total. The second kappa shape index (κ2) is 8.09. The molecule has 1 aliphatic heterocycles. The number of H-pyrrole nitrogens is 1. The molecular formula is C18H18N2O5S. The van der Waals surface area contributed by atoms with Gasteiger partial charge in [0.2, 0.25) is 5.91 Å². The average Bonchev–Trinajstić information content (AvgIpc) is 3.22. The van der Waals surface area contributed by atoms with Crippen molar-refractivity contribution in [3.63, 3.8) is 0 Å². The molecule has 1 aliphatic rings. The van der Waals surface area contributed by atoms with Crippen LogP contribution in [0.5, 0.6) is 0 Å². The number of hydrogen-bond donors (Lipinski definition) is 1. The van der Waals surface area contributed by atoms with Gasteiger partial charge in [-0.05, 0) is 18.6 Å². The Morgan fingerprint density at radius 1 is 1.35 bits per heavy atom. The van der Waals surface area contributed by atoms with Crippen LogP contribution in [0.1, 0.15) is 16.9 Å². The number of thioether (sulfide) groups is 1. The third kappa shape index (κ3) is 4.08. The molecular weight excluding hydrogens is 356 g/mol. The molecule has 0 spiro atoms. The molecule has 0 unspecified atom stereocenters. The number of nitrogens with zero attached hydrogens (tertiary/aromatic N) is 1. The lowest BCUT2D eigenvalue weighted by molar-refractivity contribution is -0.134. The molecule has 1 fully saturated rings. The van der Waals surface area contributed by atoms with Crippen LogP contribution in [0.15, 0.2) is 41.4 Å². The largest absolute Gasteiger partial charge is 0.466 e. The summed E-state index contributed by atoms with van der Waals surface area (Å²) in [5.41, 5.74) is 1.27. The maximum Gasteiger partial charge on any atom is 0.354 e. The highest BCUT2D eigenvalue weighted by Crippen LogP contribution is 2.28. The van der Waals surface area contributed by atoms with Crippen LogP contribution in [0.2, 0.25) is 0 Å². The van der Waals surface area contributed by atoms with Gasteiger partial charge in [0, 0.05) is 17.4 Å². The zero-order valence-electron chi connectivity index (χ0n) is 14.2. The second-order valence-electron chi connectivity index (χ2n) is 5.60. The predicted octanol–water partition coefficient (Wildman–Crippen LogP) is 2.30. The summed E-state index contributed by atoms with van der Waals surface area (Å²) >= 11 is 1.29. The quantitative estimate of drug-likeness (QED) is 0.474. The van der Waals surface area contributed by atoms with E-state index in [0.717, 1.165) is 10.9 Å². The van der Waals surface area contributed by atoms with E-state index in [0.29, 0.717) is 23.7 Å². The van der Waals surface area contributed by atoms with Gasteiger partial charge in [0.15, 0.2) is 0 Å².